The number of anilines is 1. The van der Waals surface area contributed by atoms with Crippen LogP contribution in [0.1, 0.15) is 44.9 Å². The molecule has 8 heteroatoms. The van der Waals surface area contributed by atoms with Gasteiger partial charge in [0.15, 0.2) is 10.7 Å². The maximum Gasteiger partial charge on any atom is 0.227 e. The molecule has 1 amide bonds. The summed E-state index contributed by atoms with van der Waals surface area (Å²) in [6.45, 7) is 0. The van der Waals surface area contributed by atoms with Crippen LogP contribution in [0.25, 0.3) is 22.6 Å². The normalized spacial score (nSPS) is 26.6. The number of methoxy groups -OCH3 is 1. The van der Waals surface area contributed by atoms with Crippen molar-refractivity contribution < 1.29 is 13.9 Å². The van der Waals surface area contributed by atoms with Gasteiger partial charge in [-0.15, -0.1) is 0 Å². The number of carbonyl (C=O) groups is 1. The van der Waals surface area contributed by atoms with Crippen LogP contribution in [0.15, 0.2) is 45.3 Å². The minimum Gasteiger partial charge on any atom is -0.496 e. The number of aromatic nitrogens is 1. The number of halogens is 1. The zero-order valence-electron chi connectivity index (χ0n) is 19.6. The molecule has 0 radical (unpaired) electrons. The van der Waals surface area contributed by atoms with E-state index in [1.54, 1.807) is 7.11 Å². The number of fused-ring (bicyclic) bond motifs is 1. The van der Waals surface area contributed by atoms with E-state index in [0.717, 1.165) is 39.2 Å². The number of carbonyl (C=O) groups excluding carboxylic acids is 1. The molecule has 4 aliphatic carbocycles. The maximum absolute atomic E-state index is 12.9. The Kier molecular flexibility index (Phi) is 5.84. The Balaban J connectivity index is 1.11. The van der Waals surface area contributed by atoms with Crippen LogP contribution in [0.2, 0.25) is 0 Å². The molecule has 35 heavy (non-hydrogen) atoms. The summed E-state index contributed by atoms with van der Waals surface area (Å²) < 4.78 is 12.1. The molecule has 7 rings (SSSR count). The summed E-state index contributed by atoms with van der Waals surface area (Å²) in [7, 11) is 1.63. The predicted octanol–water partition coefficient (Wildman–Crippen LogP) is 6.69. The second kappa shape index (κ2) is 8.89. The molecular formula is C27H28BrN3O3S. The number of oxazole rings is 1. The minimum absolute atomic E-state index is 0.0272. The van der Waals surface area contributed by atoms with E-state index in [1.807, 2.05) is 36.4 Å². The highest BCUT2D eigenvalue weighted by molar-refractivity contribution is 9.10. The third-order valence-electron chi connectivity index (χ3n) is 8.00. The van der Waals surface area contributed by atoms with Gasteiger partial charge in [0.25, 0.3) is 0 Å². The van der Waals surface area contributed by atoms with Crippen LogP contribution in [0, 0.1) is 23.2 Å². The van der Waals surface area contributed by atoms with Crippen molar-refractivity contribution in [3.8, 4) is 17.2 Å². The summed E-state index contributed by atoms with van der Waals surface area (Å²) in [5.74, 6) is 3.79. The van der Waals surface area contributed by atoms with E-state index in [0.29, 0.717) is 28.5 Å². The van der Waals surface area contributed by atoms with E-state index >= 15 is 0 Å². The van der Waals surface area contributed by atoms with Crippen molar-refractivity contribution in [2.45, 2.75) is 44.9 Å². The van der Waals surface area contributed by atoms with Crippen LogP contribution in [0.5, 0.6) is 5.75 Å². The summed E-state index contributed by atoms with van der Waals surface area (Å²) in [4.78, 5) is 17.5. The largest absolute Gasteiger partial charge is 0.496 e. The first-order valence-corrected chi connectivity index (χ1v) is 13.4. The van der Waals surface area contributed by atoms with Gasteiger partial charge in [-0.25, -0.2) is 4.98 Å². The lowest BCUT2D eigenvalue weighted by molar-refractivity contribution is -0.127. The zero-order valence-corrected chi connectivity index (χ0v) is 22.0. The SMILES string of the molecule is COc1ccc(-c2nc3cc(NC(=S)NC(=O)CC45CC6CC(CC(C6)C4)C5)ccc3o2)cc1Br. The molecule has 2 aromatic carbocycles. The second-order valence-electron chi connectivity index (χ2n) is 10.6. The van der Waals surface area contributed by atoms with Crippen molar-refractivity contribution >= 4 is 56.0 Å². The number of amides is 1. The first-order valence-electron chi connectivity index (χ1n) is 12.2. The zero-order chi connectivity index (χ0) is 24.2. The molecule has 1 aromatic heterocycles. The Hall–Kier alpha value is -2.45. The van der Waals surface area contributed by atoms with E-state index in [4.69, 9.17) is 21.4 Å². The maximum atomic E-state index is 12.9. The fraction of sp³-hybridized carbons (Fsp3) is 0.444. The van der Waals surface area contributed by atoms with Crippen molar-refractivity contribution in [3.63, 3.8) is 0 Å². The fourth-order valence-electron chi connectivity index (χ4n) is 7.11. The van der Waals surface area contributed by atoms with Gasteiger partial charge in [0.05, 0.1) is 11.6 Å². The highest BCUT2D eigenvalue weighted by Gasteiger charge is 2.51. The van der Waals surface area contributed by atoms with Crippen molar-refractivity contribution in [2.75, 3.05) is 12.4 Å². The van der Waals surface area contributed by atoms with Gasteiger partial charge in [0.2, 0.25) is 11.8 Å². The number of thiocarbonyl (C=S) groups is 1. The van der Waals surface area contributed by atoms with Gasteiger partial charge in [-0.3, -0.25) is 4.79 Å². The van der Waals surface area contributed by atoms with Crippen LogP contribution in [-0.4, -0.2) is 23.1 Å². The molecule has 4 saturated carbocycles. The summed E-state index contributed by atoms with van der Waals surface area (Å²) in [6.07, 6.45) is 8.35. The molecule has 2 N–H and O–H groups in total. The van der Waals surface area contributed by atoms with E-state index in [2.05, 4.69) is 31.5 Å². The van der Waals surface area contributed by atoms with Crippen molar-refractivity contribution in [1.29, 1.82) is 0 Å². The predicted molar refractivity (Wildman–Crippen MR) is 143 cm³/mol. The quantitative estimate of drug-likeness (QED) is 0.343. The van der Waals surface area contributed by atoms with Crippen molar-refractivity contribution in [3.05, 3.63) is 40.9 Å². The first-order chi connectivity index (χ1) is 16.9. The molecule has 0 aliphatic heterocycles. The van der Waals surface area contributed by atoms with Gasteiger partial charge >= 0.3 is 0 Å². The lowest BCUT2D eigenvalue weighted by atomic mass is 9.49. The Morgan fingerprint density at radius 2 is 1.86 bits per heavy atom. The van der Waals surface area contributed by atoms with E-state index < -0.39 is 0 Å². The number of nitrogens with one attached hydrogen (secondary N) is 2. The molecular weight excluding hydrogens is 526 g/mol. The molecule has 4 bridgehead atoms. The molecule has 4 fully saturated rings. The van der Waals surface area contributed by atoms with Crippen molar-refractivity contribution in [1.82, 2.24) is 10.3 Å². The number of hydrogen-bond donors (Lipinski definition) is 2. The highest BCUT2D eigenvalue weighted by atomic mass is 79.9. The topological polar surface area (TPSA) is 76.4 Å². The van der Waals surface area contributed by atoms with Gasteiger partial charge in [-0.2, -0.15) is 0 Å². The average Bonchev–Trinajstić information content (AvgIpc) is 3.21. The van der Waals surface area contributed by atoms with Crippen LogP contribution >= 0.6 is 28.1 Å². The Labute approximate surface area is 218 Å². The van der Waals surface area contributed by atoms with Gasteiger partial charge in [0.1, 0.15) is 11.3 Å². The van der Waals surface area contributed by atoms with Crippen LogP contribution in [0.3, 0.4) is 0 Å². The number of ether oxygens (including phenoxy) is 1. The number of benzene rings is 2. The standard InChI is InChI=1S/C27H28BrN3O3S/c1-33-22-4-2-18(9-20(22)28)25-30-21-10-19(3-5-23(21)34-25)29-26(35)31-24(32)14-27-11-15-6-16(12-27)8-17(7-15)13-27/h2-5,9-10,15-17H,6-8,11-14H2,1H3,(H2,29,31,32,35). The highest BCUT2D eigenvalue weighted by Crippen LogP contribution is 2.61. The lowest BCUT2D eigenvalue weighted by Crippen LogP contribution is -2.48. The number of hydrogen-bond acceptors (Lipinski definition) is 5. The van der Waals surface area contributed by atoms with Gasteiger partial charge in [-0.1, -0.05) is 0 Å². The van der Waals surface area contributed by atoms with Crippen molar-refractivity contribution in [2.24, 2.45) is 23.2 Å². The summed E-state index contributed by atoms with van der Waals surface area (Å²) in [6, 6.07) is 11.3. The average molecular weight is 555 g/mol. The fourth-order valence-corrected chi connectivity index (χ4v) is 7.88. The molecule has 0 atom stereocenters. The molecule has 3 aromatic rings. The summed E-state index contributed by atoms with van der Waals surface area (Å²) >= 11 is 8.96. The van der Waals surface area contributed by atoms with Gasteiger partial charge in [0, 0.05) is 17.7 Å². The molecule has 0 unspecified atom stereocenters. The van der Waals surface area contributed by atoms with Crippen LogP contribution in [-0.2, 0) is 4.79 Å². The third kappa shape index (κ3) is 4.58. The summed E-state index contributed by atoms with van der Waals surface area (Å²) in [5.41, 5.74) is 3.18. The molecule has 4 aliphatic rings. The minimum atomic E-state index is 0.0272. The Morgan fingerprint density at radius 3 is 2.51 bits per heavy atom. The van der Waals surface area contributed by atoms with E-state index in [1.165, 1.54) is 38.5 Å². The molecule has 182 valence electrons. The molecule has 1 heterocycles. The van der Waals surface area contributed by atoms with E-state index in [-0.39, 0.29) is 11.3 Å². The van der Waals surface area contributed by atoms with Gasteiger partial charge in [-0.05, 0) is 126 Å². The number of rotatable bonds is 5. The van der Waals surface area contributed by atoms with Gasteiger partial charge < -0.3 is 19.8 Å². The lowest BCUT2D eigenvalue weighted by Gasteiger charge is -2.56. The number of nitrogens with zero attached hydrogens (tertiary/aromatic N) is 1. The monoisotopic (exact) mass is 553 g/mol. The first kappa shape index (κ1) is 23.0. The summed E-state index contributed by atoms with van der Waals surface area (Å²) in [5, 5.41) is 6.38. The molecule has 0 saturated heterocycles. The second-order valence-corrected chi connectivity index (χ2v) is 11.9. The molecule has 0 spiro atoms. The van der Waals surface area contributed by atoms with Crippen LogP contribution < -0.4 is 15.4 Å². The Morgan fingerprint density at radius 1 is 1.14 bits per heavy atom. The van der Waals surface area contributed by atoms with Crippen LogP contribution in [0.4, 0.5) is 5.69 Å². The molecule has 6 nitrogen and oxygen atoms in total. The Bertz CT molecular complexity index is 1280. The smallest absolute Gasteiger partial charge is 0.227 e. The third-order valence-corrected chi connectivity index (χ3v) is 8.82. The van der Waals surface area contributed by atoms with E-state index in [9.17, 15) is 4.79 Å².